The molecule has 1 N–H and O–H groups in total. The Morgan fingerprint density at radius 3 is 2.46 bits per heavy atom. The van der Waals surface area contributed by atoms with Gasteiger partial charge in [0.05, 0.1) is 6.04 Å². The lowest BCUT2D eigenvalue weighted by Gasteiger charge is -2.18. The monoisotopic (exact) mass is 183 g/mol. The Balaban J connectivity index is 2.39. The van der Waals surface area contributed by atoms with Gasteiger partial charge >= 0.3 is 0 Å². The first-order valence-electron chi connectivity index (χ1n) is 5.42. The number of carbonyl (C=O) groups is 1. The van der Waals surface area contributed by atoms with E-state index >= 15 is 0 Å². The maximum absolute atomic E-state index is 11.7. The van der Waals surface area contributed by atoms with Crippen molar-refractivity contribution in [3.63, 3.8) is 0 Å². The van der Waals surface area contributed by atoms with E-state index in [9.17, 15) is 4.79 Å². The van der Waals surface area contributed by atoms with E-state index in [-0.39, 0.29) is 12.0 Å². The normalized spacial score (nSPS) is 19.1. The van der Waals surface area contributed by atoms with Crippen molar-refractivity contribution < 1.29 is 4.79 Å². The molecule has 0 radical (unpaired) electrons. The van der Waals surface area contributed by atoms with E-state index in [0.717, 1.165) is 18.9 Å². The van der Waals surface area contributed by atoms with Crippen LogP contribution in [0.3, 0.4) is 0 Å². The Bertz CT molecular complexity index is 173. The molecule has 13 heavy (non-hydrogen) atoms. The van der Waals surface area contributed by atoms with Crippen molar-refractivity contribution in [3.05, 3.63) is 0 Å². The van der Waals surface area contributed by atoms with Gasteiger partial charge in [-0.25, -0.2) is 0 Å². The van der Waals surface area contributed by atoms with Crippen LogP contribution in [0.25, 0.3) is 0 Å². The number of hydrogen-bond acceptors (Lipinski definition) is 2. The molecule has 76 valence electrons. The molecule has 1 rings (SSSR count). The fourth-order valence-electron chi connectivity index (χ4n) is 1.64. The van der Waals surface area contributed by atoms with Gasteiger partial charge in [0, 0.05) is 5.92 Å². The number of hydrogen-bond donors (Lipinski definition) is 1. The number of carbonyl (C=O) groups excluding carboxylic acids is 1. The molecular weight excluding hydrogens is 162 g/mol. The zero-order chi connectivity index (χ0) is 9.84. The maximum Gasteiger partial charge on any atom is 0.152 e. The van der Waals surface area contributed by atoms with Crippen LogP contribution >= 0.6 is 0 Å². The van der Waals surface area contributed by atoms with E-state index in [0.29, 0.717) is 5.78 Å². The Labute approximate surface area is 81.1 Å². The van der Waals surface area contributed by atoms with Crippen LogP contribution in [-0.4, -0.2) is 18.4 Å². The van der Waals surface area contributed by atoms with Gasteiger partial charge in [0.15, 0.2) is 5.78 Å². The Morgan fingerprint density at radius 1 is 1.46 bits per heavy atom. The third-order valence-corrected chi connectivity index (χ3v) is 2.63. The topological polar surface area (TPSA) is 29.1 Å². The van der Waals surface area contributed by atoms with E-state index in [1.165, 1.54) is 12.8 Å². The van der Waals surface area contributed by atoms with Crippen molar-refractivity contribution in [1.82, 2.24) is 5.32 Å². The molecule has 1 unspecified atom stereocenters. The van der Waals surface area contributed by atoms with E-state index in [1.807, 2.05) is 13.8 Å². The standard InChI is InChI=1S/C11H21NO/c1-4-12-10(7-9-5-6-9)11(13)8(2)3/h8-10,12H,4-7H2,1-3H3. The van der Waals surface area contributed by atoms with Crippen molar-refractivity contribution >= 4 is 5.78 Å². The van der Waals surface area contributed by atoms with Gasteiger partial charge in [-0.15, -0.1) is 0 Å². The van der Waals surface area contributed by atoms with Crippen LogP contribution in [0.4, 0.5) is 0 Å². The van der Waals surface area contributed by atoms with Crippen LogP contribution in [0, 0.1) is 11.8 Å². The largest absolute Gasteiger partial charge is 0.308 e. The van der Waals surface area contributed by atoms with E-state index in [1.54, 1.807) is 0 Å². The molecule has 2 nitrogen and oxygen atoms in total. The minimum atomic E-state index is 0.123. The SMILES string of the molecule is CCNC(CC1CC1)C(=O)C(C)C. The second kappa shape index (κ2) is 4.75. The molecular formula is C11H21NO. The Morgan fingerprint density at radius 2 is 2.08 bits per heavy atom. The molecule has 1 aliphatic carbocycles. The number of rotatable bonds is 6. The van der Waals surface area contributed by atoms with Gasteiger partial charge in [0.25, 0.3) is 0 Å². The van der Waals surface area contributed by atoms with Crippen LogP contribution in [0.2, 0.25) is 0 Å². The summed E-state index contributed by atoms with van der Waals surface area (Å²) in [5.74, 6) is 1.38. The van der Waals surface area contributed by atoms with Gasteiger partial charge in [-0.1, -0.05) is 33.6 Å². The second-order valence-electron chi connectivity index (χ2n) is 4.35. The van der Waals surface area contributed by atoms with Crippen molar-refractivity contribution in [3.8, 4) is 0 Å². The van der Waals surface area contributed by atoms with E-state index < -0.39 is 0 Å². The first-order valence-corrected chi connectivity index (χ1v) is 5.42. The van der Waals surface area contributed by atoms with Gasteiger partial charge in [-0.05, 0) is 18.9 Å². The summed E-state index contributed by atoms with van der Waals surface area (Å²) < 4.78 is 0. The van der Waals surface area contributed by atoms with Crippen LogP contribution in [0.1, 0.15) is 40.0 Å². The van der Waals surface area contributed by atoms with E-state index in [2.05, 4.69) is 12.2 Å². The van der Waals surface area contributed by atoms with Gasteiger partial charge in [0.2, 0.25) is 0 Å². The molecule has 0 aromatic carbocycles. The summed E-state index contributed by atoms with van der Waals surface area (Å²) >= 11 is 0. The third-order valence-electron chi connectivity index (χ3n) is 2.63. The zero-order valence-electron chi connectivity index (χ0n) is 8.97. The number of ketones is 1. The molecule has 0 saturated heterocycles. The summed E-state index contributed by atoms with van der Waals surface area (Å²) in [6, 6.07) is 0.123. The smallest absolute Gasteiger partial charge is 0.152 e. The van der Waals surface area contributed by atoms with Crippen molar-refractivity contribution in [2.75, 3.05) is 6.54 Å². The highest BCUT2D eigenvalue weighted by atomic mass is 16.1. The van der Waals surface area contributed by atoms with Gasteiger partial charge in [0.1, 0.15) is 0 Å². The molecule has 0 aromatic rings. The molecule has 0 spiro atoms. The molecule has 2 heteroatoms. The van der Waals surface area contributed by atoms with E-state index in [4.69, 9.17) is 0 Å². The summed E-state index contributed by atoms with van der Waals surface area (Å²) in [7, 11) is 0. The van der Waals surface area contributed by atoms with Crippen LogP contribution in [0.15, 0.2) is 0 Å². The Kier molecular flexibility index (Phi) is 3.91. The first-order chi connectivity index (χ1) is 6.15. The molecule has 1 saturated carbocycles. The highest BCUT2D eigenvalue weighted by Crippen LogP contribution is 2.34. The zero-order valence-corrected chi connectivity index (χ0v) is 8.97. The third kappa shape index (κ3) is 3.47. The fourth-order valence-corrected chi connectivity index (χ4v) is 1.64. The number of nitrogens with one attached hydrogen (secondary N) is 1. The average Bonchev–Trinajstić information content (AvgIpc) is 2.86. The average molecular weight is 183 g/mol. The summed E-state index contributed by atoms with van der Waals surface area (Å²) in [5, 5.41) is 3.29. The molecule has 1 fully saturated rings. The number of Topliss-reactive ketones (excluding diaryl/α,β-unsaturated/α-hetero) is 1. The van der Waals surface area contributed by atoms with Crippen molar-refractivity contribution in [2.24, 2.45) is 11.8 Å². The van der Waals surface area contributed by atoms with Crippen molar-refractivity contribution in [1.29, 1.82) is 0 Å². The lowest BCUT2D eigenvalue weighted by molar-refractivity contribution is -0.124. The highest BCUT2D eigenvalue weighted by molar-refractivity contribution is 5.85. The summed E-state index contributed by atoms with van der Waals surface area (Å²) in [6.07, 6.45) is 3.71. The molecule has 0 bridgehead atoms. The van der Waals surface area contributed by atoms with Gasteiger partial charge in [-0.2, -0.15) is 0 Å². The lowest BCUT2D eigenvalue weighted by Crippen LogP contribution is -2.39. The molecule has 0 heterocycles. The van der Waals surface area contributed by atoms with Crippen LogP contribution < -0.4 is 5.32 Å². The summed E-state index contributed by atoms with van der Waals surface area (Å²) in [4.78, 5) is 11.7. The molecule has 1 atom stereocenters. The Hall–Kier alpha value is -0.370. The summed E-state index contributed by atoms with van der Waals surface area (Å²) in [6.45, 7) is 6.93. The summed E-state index contributed by atoms with van der Waals surface area (Å²) in [5.41, 5.74) is 0. The lowest BCUT2D eigenvalue weighted by atomic mass is 9.97. The minimum Gasteiger partial charge on any atom is -0.308 e. The predicted molar refractivity (Wildman–Crippen MR) is 54.7 cm³/mol. The molecule has 0 aromatic heterocycles. The predicted octanol–water partition coefficient (Wildman–Crippen LogP) is 1.99. The van der Waals surface area contributed by atoms with Crippen LogP contribution in [-0.2, 0) is 4.79 Å². The molecule has 1 aliphatic rings. The molecule has 0 aliphatic heterocycles. The fraction of sp³-hybridized carbons (Fsp3) is 0.909. The molecule has 0 amide bonds. The van der Waals surface area contributed by atoms with Crippen LogP contribution in [0.5, 0.6) is 0 Å². The number of likely N-dealkylation sites (N-methyl/N-ethyl adjacent to an activating group) is 1. The second-order valence-corrected chi connectivity index (χ2v) is 4.35. The van der Waals surface area contributed by atoms with Gasteiger partial charge < -0.3 is 5.32 Å². The minimum absolute atomic E-state index is 0.123. The quantitative estimate of drug-likeness (QED) is 0.682. The maximum atomic E-state index is 11.7. The first kappa shape index (κ1) is 10.7. The van der Waals surface area contributed by atoms with Gasteiger partial charge in [-0.3, -0.25) is 4.79 Å². The van der Waals surface area contributed by atoms with Crippen molar-refractivity contribution in [2.45, 2.75) is 46.1 Å². The highest BCUT2D eigenvalue weighted by Gasteiger charge is 2.29.